The SMILES string of the molecule is COC(=O)Nc1cccc(Oc2nc(C)cc(C)n2)c1. The van der Waals surface area contributed by atoms with Gasteiger partial charge in [0.1, 0.15) is 5.75 Å². The molecule has 0 atom stereocenters. The molecule has 1 aromatic carbocycles. The predicted molar refractivity (Wildman–Crippen MR) is 74.0 cm³/mol. The maximum Gasteiger partial charge on any atom is 0.411 e. The number of rotatable bonds is 3. The van der Waals surface area contributed by atoms with Crippen LogP contribution in [-0.2, 0) is 4.74 Å². The van der Waals surface area contributed by atoms with Crippen molar-refractivity contribution in [2.45, 2.75) is 13.8 Å². The van der Waals surface area contributed by atoms with E-state index in [4.69, 9.17) is 4.74 Å². The zero-order valence-electron chi connectivity index (χ0n) is 11.5. The maximum atomic E-state index is 11.1. The number of carbonyl (C=O) groups excluding carboxylic acids is 1. The summed E-state index contributed by atoms with van der Waals surface area (Å²) >= 11 is 0. The fourth-order valence-corrected chi connectivity index (χ4v) is 1.65. The summed E-state index contributed by atoms with van der Waals surface area (Å²) in [5.41, 5.74) is 2.23. The van der Waals surface area contributed by atoms with Gasteiger partial charge in [-0.2, -0.15) is 0 Å². The molecule has 0 spiro atoms. The van der Waals surface area contributed by atoms with E-state index in [0.29, 0.717) is 11.4 Å². The van der Waals surface area contributed by atoms with Gasteiger partial charge in [0.05, 0.1) is 7.11 Å². The Morgan fingerprint density at radius 3 is 2.50 bits per heavy atom. The van der Waals surface area contributed by atoms with E-state index in [1.54, 1.807) is 24.3 Å². The number of amides is 1. The van der Waals surface area contributed by atoms with E-state index in [1.165, 1.54) is 7.11 Å². The predicted octanol–water partition coefficient (Wildman–Crippen LogP) is 3.06. The van der Waals surface area contributed by atoms with E-state index in [0.717, 1.165) is 11.4 Å². The van der Waals surface area contributed by atoms with Crippen molar-refractivity contribution in [2.75, 3.05) is 12.4 Å². The number of carbonyl (C=O) groups is 1. The van der Waals surface area contributed by atoms with Gasteiger partial charge in [-0.05, 0) is 32.0 Å². The molecular weight excluding hydrogens is 258 g/mol. The summed E-state index contributed by atoms with van der Waals surface area (Å²) in [6.07, 6.45) is -0.537. The van der Waals surface area contributed by atoms with Crippen molar-refractivity contribution in [2.24, 2.45) is 0 Å². The molecular formula is C14H15N3O3. The van der Waals surface area contributed by atoms with Gasteiger partial charge in [-0.25, -0.2) is 14.8 Å². The summed E-state index contributed by atoms with van der Waals surface area (Å²) in [6, 6.07) is 9.04. The Kier molecular flexibility index (Phi) is 4.14. The van der Waals surface area contributed by atoms with Crippen LogP contribution in [0.15, 0.2) is 30.3 Å². The minimum Gasteiger partial charge on any atom is -0.453 e. The summed E-state index contributed by atoms with van der Waals surface area (Å²) in [4.78, 5) is 19.5. The van der Waals surface area contributed by atoms with Crippen LogP contribution in [0.4, 0.5) is 10.5 Å². The summed E-state index contributed by atoms with van der Waals surface area (Å²) < 4.78 is 10.1. The highest BCUT2D eigenvalue weighted by molar-refractivity contribution is 5.84. The third-order valence-corrected chi connectivity index (χ3v) is 2.44. The van der Waals surface area contributed by atoms with Crippen LogP contribution >= 0.6 is 0 Å². The average Bonchev–Trinajstić information content (AvgIpc) is 2.37. The lowest BCUT2D eigenvalue weighted by Crippen LogP contribution is -2.10. The van der Waals surface area contributed by atoms with Crippen LogP contribution in [0.2, 0.25) is 0 Å². The van der Waals surface area contributed by atoms with Gasteiger partial charge in [-0.3, -0.25) is 5.32 Å². The van der Waals surface area contributed by atoms with Gasteiger partial charge in [0.25, 0.3) is 0 Å². The molecule has 0 saturated carbocycles. The molecule has 0 fully saturated rings. The number of aryl methyl sites for hydroxylation is 2. The number of nitrogens with zero attached hydrogens (tertiary/aromatic N) is 2. The molecule has 1 aromatic heterocycles. The summed E-state index contributed by atoms with van der Waals surface area (Å²) in [6.45, 7) is 3.74. The molecule has 2 rings (SSSR count). The lowest BCUT2D eigenvalue weighted by Gasteiger charge is -2.08. The van der Waals surface area contributed by atoms with Gasteiger partial charge in [-0.1, -0.05) is 6.07 Å². The van der Waals surface area contributed by atoms with Gasteiger partial charge >= 0.3 is 12.1 Å². The number of ether oxygens (including phenoxy) is 2. The first-order chi connectivity index (χ1) is 9.56. The Labute approximate surface area is 116 Å². The Bertz CT molecular complexity index is 609. The molecule has 1 N–H and O–H groups in total. The Hall–Kier alpha value is -2.63. The van der Waals surface area contributed by atoms with Crippen molar-refractivity contribution >= 4 is 11.8 Å². The van der Waals surface area contributed by atoms with Gasteiger partial charge < -0.3 is 9.47 Å². The molecule has 6 heteroatoms. The lowest BCUT2D eigenvalue weighted by molar-refractivity contribution is 0.187. The molecule has 0 radical (unpaired) electrons. The summed E-state index contributed by atoms with van der Waals surface area (Å²) in [5.74, 6) is 0.531. The number of nitrogens with one attached hydrogen (secondary N) is 1. The molecule has 0 unspecified atom stereocenters. The van der Waals surface area contributed by atoms with E-state index < -0.39 is 6.09 Å². The normalized spacial score (nSPS) is 9.95. The van der Waals surface area contributed by atoms with E-state index in [1.807, 2.05) is 19.9 Å². The van der Waals surface area contributed by atoms with E-state index in [2.05, 4.69) is 20.0 Å². The van der Waals surface area contributed by atoms with Gasteiger partial charge in [-0.15, -0.1) is 0 Å². The van der Waals surface area contributed by atoms with E-state index >= 15 is 0 Å². The Morgan fingerprint density at radius 1 is 1.15 bits per heavy atom. The minimum atomic E-state index is -0.537. The monoisotopic (exact) mass is 273 g/mol. The molecule has 2 aromatic rings. The molecule has 0 aliphatic heterocycles. The standard InChI is InChI=1S/C14H15N3O3/c1-9-7-10(2)16-13(15-9)20-12-6-4-5-11(8-12)17-14(18)19-3/h4-8H,1-3H3,(H,17,18). The average molecular weight is 273 g/mol. The Morgan fingerprint density at radius 2 is 1.85 bits per heavy atom. The summed E-state index contributed by atoms with van der Waals surface area (Å²) in [7, 11) is 1.30. The largest absolute Gasteiger partial charge is 0.453 e. The zero-order valence-corrected chi connectivity index (χ0v) is 11.5. The van der Waals surface area contributed by atoms with Gasteiger partial charge in [0, 0.05) is 23.1 Å². The van der Waals surface area contributed by atoms with Crippen molar-refractivity contribution in [3.63, 3.8) is 0 Å². The van der Waals surface area contributed by atoms with Crippen LogP contribution in [0.25, 0.3) is 0 Å². The molecule has 20 heavy (non-hydrogen) atoms. The third kappa shape index (κ3) is 3.68. The number of hydrogen-bond acceptors (Lipinski definition) is 5. The molecule has 0 aliphatic rings. The van der Waals surface area contributed by atoms with Crippen molar-refractivity contribution in [1.82, 2.24) is 9.97 Å². The Balaban J connectivity index is 2.17. The smallest absolute Gasteiger partial charge is 0.411 e. The molecule has 1 heterocycles. The number of benzene rings is 1. The van der Waals surface area contributed by atoms with Crippen LogP contribution in [-0.4, -0.2) is 23.2 Å². The number of anilines is 1. The highest BCUT2D eigenvalue weighted by atomic mass is 16.5. The summed E-state index contributed by atoms with van der Waals surface area (Å²) in [5, 5.41) is 2.56. The molecule has 1 amide bonds. The number of methoxy groups -OCH3 is 1. The highest BCUT2D eigenvalue weighted by Gasteiger charge is 2.05. The van der Waals surface area contributed by atoms with Crippen LogP contribution < -0.4 is 10.1 Å². The van der Waals surface area contributed by atoms with E-state index in [-0.39, 0.29) is 6.01 Å². The van der Waals surface area contributed by atoms with Crippen LogP contribution in [0.5, 0.6) is 11.8 Å². The van der Waals surface area contributed by atoms with Gasteiger partial charge in [0.2, 0.25) is 0 Å². The second-order valence-corrected chi connectivity index (χ2v) is 4.18. The van der Waals surface area contributed by atoms with Crippen molar-refractivity contribution in [3.8, 4) is 11.8 Å². The quantitative estimate of drug-likeness (QED) is 0.930. The highest BCUT2D eigenvalue weighted by Crippen LogP contribution is 2.22. The van der Waals surface area contributed by atoms with Crippen molar-refractivity contribution in [3.05, 3.63) is 41.7 Å². The van der Waals surface area contributed by atoms with Crippen LogP contribution in [0.1, 0.15) is 11.4 Å². The molecule has 0 aliphatic carbocycles. The van der Waals surface area contributed by atoms with Crippen molar-refractivity contribution < 1.29 is 14.3 Å². The first-order valence-corrected chi connectivity index (χ1v) is 6.02. The maximum absolute atomic E-state index is 11.1. The zero-order chi connectivity index (χ0) is 14.5. The second-order valence-electron chi connectivity index (χ2n) is 4.18. The minimum absolute atomic E-state index is 0.276. The topological polar surface area (TPSA) is 73.3 Å². The fraction of sp³-hybridized carbons (Fsp3) is 0.214. The van der Waals surface area contributed by atoms with Crippen LogP contribution in [0.3, 0.4) is 0 Å². The first kappa shape index (κ1) is 13.8. The fourth-order valence-electron chi connectivity index (χ4n) is 1.65. The molecule has 104 valence electrons. The van der Waals surface area contributed by atoms with Crippen LogP contribution in [0, 0.1) is 13.8 Å². The van der Waals surface area contributed by atoms with Crippen molar-refractivity contribution in [1.29, 1.82) is 0 Å². The number of hydrogen-bond donors (Lipinski definition) is 1. The second kappa shape index (κ2) is 6.01. The third-order valence-electron chi connectivity index (χ3n) is 2.44. The molecule has 6 nitrogen and oxygen atoms in total. The molecule has 0 saturated heterocycles. The number of aromatic nitrogens is 2. The lowest BCUT2D eigenvalue weighted by atomic mass is 10.3. The van der Waals surface area contributed by atoms with Gasteiger partial charge in [0.15, 0.2) is 0 Å². The van der Waals surface area contributed by atoms with E-state index in [9.17, 15) is 4.79 Å². The molecule has 0 bridgehead atoms. The first-order valence-electron chi connectivity index (χ1n) is 6.02.